The number of likely N-dealkylation sites (tertiary alicyclic amines) is 1. The summed E-state index contributed by atoms with van der Waals surface area (Å²) in [5.74, 6) is 0.414. The Morgan fingerprint density at radius 2 is 1.56 bits per heavy atom. The van der Waals surface area contributed by atoms with E-state index in [-0.39, 0.29) is 37.1 Å². The SMILES string of the molecule is O=C(c1ccc(CN2C(=O)CCC2=O)cc1)N1CCN(CCOc2ccccc2Cl)CC1. The molecule has 2 aromatic carbocycles. The van der Waals surface area contributed by atoms with Crippen LogP contribution in [0.1, 0.15) is 28.8 Å². The summed E-state index contributed by atoms with van der Waals surface area (Å²) < 4.78 is 5.76. The monoisotopic (exact) mass is 455 g/mol. The molecule has 2 aromatic rings. The minimum atomic E-state index is -0.134. The Hall–Kier alpha value is -2.90. The lowest BCUT2D eigenvalue weighted by Crippen LogP contribution is -2.49. The number of imide groups is 1. The van der Waals surface area contributed by atoms with Crippen molar-refractivity contribution >= 4 is 29.3 Å². The fourth-order valence-electron chi connectivity index (χ4n) is 3.94. The van der Waals surface area contributed by atoms with Gasteiger partial charge in [-0.15, -0.1) is 0 Å². The topological polar surface area (TPSA) is 70.2 Å². The van der Waals surface area contributed by atoms with Crippen LogP contribution in [0.3, 0.4) is 0 Å². The minimum absolute atomic E-state index is 0.00292. The van der Waals surface area contributed by atoms with Crippen LogP contribution >= 0.6 is 11.6 Å². The van der Waals surface area contributed by atoms with E-state index in [0.29, 0.717) is 36.0 Å². The molecular weight excluding hydrogens is 430 g/mol. The largest absolute Gasteiger partial charge is 0.491 e. The van der Waals surface area contributed by atoms with Gasteiger partial charge in [0.15, 0.2) is 0 Å². The number of piperazine rings is 1. The molecule has 168 valence electrons. The van der Waals surface area contributed by atoms with Crippen LogP contribution in [0.25, 0.3) is 0 Å². The first-order valence-electron chi connectivity index (χ1n) is 10.8. The average molecular weight is 456 g/mol. The van der Waals surface area contributed by atoms with Crippen LogP contribution in [0.5, 0.6) is 5.75 Å². The third-order valence-corrected chi connectivity index (χ3v) is 6.17. The van der Waals surface area contributed by atoms with Gasteiger partial charge in [-0.3, -0.25) is 24.2 Å². The number of amides is 3. The fourth-order valence-corrected chi connectivity index (χ4v) is 4.13. The molecule has 2 fully saturated rings. The highest BCUT2D eigenvalue weighted by Crippen LogP contribution is 2.23. The zero-order valence-electron chi connectivity index (χ0n) is 17.8. The normalized spacial score (nSPS) is 17.2. The van der Waals surface area contributed by atoms with Gasteiger partial charge in [0, 0.05) is 51.1 Å². The Labute approximate surface area is 192 Å². The summed E-state index contributed by atoms with van der Waals surface area (Å²) in [4.78, 5) is 41.8. The van der Waals surface area contributed by atoms with Gasteiger partial charge in [0.2, 0.25) is 11.8 Å². The molecule has 32 heavy (non-hydrogen) atoms. The molecule has 0 atom stereocenters. The van der Waals surface area contributed by atoms with Crippen molar-refractivity contribution in [2.75, 3.05) is 39.3 Å². The molecule has 4 rings (SSSR count). The van der Waals surface area contributed by atoms with Crippen LogP contribution in [0, 0.1) is 0 Å². The second-order valence-corrected chi connectivity index (χ2v) is 8.39. The van der Waals surface area contributed by atoms with Crippen LogP contribution in [-0.2, 0) is 16.1 Å². The van der Waals surface area contributed by atoms with Crippen molar-refractivity contribution in [2.24, 2.45) is 0 Å². The quantitative estimate of drug-likeness (QED) is 0.600. The van der Waals surface area contributed by atoms with Crippen molar-refractivity contribution in [1.82, 2.24) is 14.7 Å². The molecule has 3 amide bonds. The molecule has 2 aliphatic rings. The van der Waals surface area contributed by atoms with Gasteiger partial charge >= 0.3 is 0 Å². The van der Waals surface area contributed by atoms with E-state index in [1.54, 1.807) is 18.2 Å². The first-order chi connectivity index (χ1) is 15.5. The number of hydrogen-bond donors (Lipinski definition) is 0. The summed E-state index contributed by atoms with van der Waals surface area (Å²) in [6.07, 6.45) is 0.570. The second-order valence-electron chi connectivity index (χ2n) is 7.98. The van der Waals surface area contributed by atoms with E-state index < -0.39 is 0 Å². The smallest absolute Gasteiger partial charge is 0.253 e. The zero-order valence-corrected chi connectivity index (χ0v) is 18.6. The molecule has 0 N–H and O–H groups in total. The van der Waals surface area contributed by atoms with Crippen LogP contribution in [-0.4, -0.2) is 71.8 Å². The number of ether oxygens (including phenoxy) is 1. The van der Waals surface area contributed by atoms with Crippen molar-refractivity contribution in [1.29, 1.82) is 0 Å². The Morgan fingerprint density at radius 3 is 2.22 bits per heavy atom. The Balaban J connectivity index is 1.23. The van der Waals surface area contributed by atoms with Crippen molar-refractivity contribution in [2.45, 2.75) is 19.4 Å². The molecule has 0 aliphatic carbocycles. The van der Waals surface area contributed by atoms with Gasteiger partial charge in [-0.2, -0.15) is 0 Å². The first kappa shape index (κ1) is 22.3. The number of carbonyl (C=O) groups is 3. The third kappa shape index (κ3) is 5.29. The van der Waals surface area contributed by atoms with Gasteiger partial charge in [0.25, 0.3) is 5.91 Å². The Kier molecular flexibility index (Phi) is 7.07. The zero-order chi connectivity index (χ0) is 22.5. The fraction of sp³-hybridized carbons (Fsp3) is 0.375. The molecule has 0 saturated carbocycles. The Bertz CT molecular complexity index is 971. The second kappa shape index (κ2) is 10.1. The number of rotatable bonds is 7. The van der Waals surface area contributed by atoms with Gasteiger partial charge in [-0.1, -0.05) is 35.9 Å². The number of carbonyl (C=O) groups excluding carboxylic acids is 3. The maximum atomic E-state index is 12.9. The van der Waals surface area contributed by atoms with E-state index in [1.165, 1.54) is 4.90 Å². The molecule has 0 aromatic heterocycles. The maximum Gasteiger partial charge on any atom is 0.253 e. The maximum absolute atomic E-state index is 12.9. The van der Waals surface area contributed by atoms with Crippen molar-refractivity contribution in [3.8, 4) is 5.75 Å². The molecule has 0 radical (unpaired) electrons. The number of hydrogen-bond acceptors (Lipinski definition) is 5. The standard InChI is InChI=1S/C24H26ClN3O4/c25-20-3-1-2-4-21(20)32-16-15-26-11-13-27(14-12-26)24(31)19-7-5-18(6-8-19)17-28-22(29)9-10-23(28)30/h1-8H,9-17H2. The van der Waals surface area contributed by atoms with Gasteiger partial charge in [0.1, 0.15) is 12.4 Å². The molecule has 0 unspecified atom stereocenters. The van der Waals surface area contributed by atoms with E-state index in [2.05, 4.69) is 4.90 Å². The minimum Gasteiger partial charge on any atom is -0.491 e. The first-order valence-corrected chi connectivity index (χ1v) is 11.2. The number of halogens is 1. The van der Waals surface area contributed by atoms with E-state index in [4.69, 9.17) is 16.3 Å². The highest BCUT2D eigenvalue weighted by molar-refractivity contribution is 6.32. The summed E-state index contributed by atoms with van der Waals surface area (Å²) in [5.41, 5.74) is 1.46. The van der Waals surface area contributed by atoms with Crippen LogP contribution in [0.2, 0.25) is 5.02 Å². The van der Waals surface area contributed by atoms with Gasteiger partial charge in [-0.05, 0) is 29.8 Å². The number of benzene rings is 2. The van der Waals surface area contributed by atoms with Crippen LogP contribution < -0.4 is 4.74 Å². The van der Waals surface area contributed by atoms with E-state index in [1.807, 2.05) is 35.2 Å². The number of para-hydroxylation sites is 1. The molecule has 2 saturated heterocycles. The molecule has 2 aliphatic heterocycles. The lowest BCUT2D eigenvalue weighted by molar-refractivity contribution is -0.139. The lowest BCUT2D eigenvalue weighted by Gasteiger charge is -2.34. The Morgan fingerprint density at radius 1 is 0.906 bits per heavy atom. The third-order valence-electron chi connectivity index (χ3n) is 5.86. The summed E-state index contributed by atoms with van der Waals surface area (Å²) in [6.45, 7) is 4.47. The predicted molar refractivity (Wildman–Crippen MR) is 121 cm³/mol. The highest BCUT2D eigenvalue weighted by Gasteiger charge is 2.29. The molecule has 0 spiro atoms. The molecule has 7 nitrogen and oxygen atoms in total. The van der Waals surface area contributed by atoms with Crippen molar-refractivity contribution in [3.05, 3.63) is 64.7 Å². The predicted octanol–water partition coefficient (Wildman–Crippen LogP) is 2.83. The van der Waals surface area contributed by atoms with Crippen molar-refractivity contribution < 1.29 is 19.1 Å². The summed E-state index contributed by atoms with van der Waals surface area (Å²) in [6, 6.07) is 14.6. The highest BCUT2D eigenvalue weighted by atomic mass is 35.5. The molecule has 8 heteroatoms. The number of nitrogens with zero attached hydrogens (tertiary/aromatic N) is 3. The molecule has 2 heterocycles. The average Bonchev–Trinajstić information content (AvgIpc) is 3.13. The summed E-state index contributed by atoms with van der Waals surface area (Å²) in [5, 5.41) is 0.604. The van der Waals surface area contributed by atoms with Gasteiger partial charge < -0.3 is 9.64 Å². The molecular formula is C24H26ClN3O4. The molecule has 0 bridgehead atoms. The van der Waals surface area contributed by atoms with Crippen molar-refractivity contribution in [3.63, 3.8) is 0 Å². The van der Waals surface area contributed by atoms with Gasteiger partial charge in [0.05, 0.1) is 11.6 Å². The van der Waals surface area contributed by atoms with E-state index in [9.17, 15) is 14.4 Å². The van der Waals surface area contributed by atoms with E-state index in [0.717, 1.165) is 25.2 Å². The lowest BCUT2D eigenvalue weighted by atomic mass is 10.1. The van der Waals surface area contributed by atoms with Crippen LogP contribution in [0.15, 0.2) is 48.5 Å². The van der Waals surface area contributed by atoms with E-state index >= 15 is 0 Å². The summed E-state index contributed by atoms with van der Waals surface area (Å²) in [7, 11) is 0. The summed E-state index contributed by atoms with van der Waals surface area (Å²) >= 11 is 6.11. The van der Waals surface area contributed by atoms with Gasteiger partial charge in [-0.25, -0.2) is 0 Å². The van der Waals surface area contributed by atoms with Crippen LogP contribution in [0.4, 0.5) is 0 Å².